The van der Waals surface area contributed by atoms with Crippen LogP contribution in [0.25, 0.3) is 0 Å². The maximum Gasteiger partial charge on any atom is 0.303 e. The highest BCUT2D eigenvalue weighted by atomic mass is 16.5. The van der Waals surface area contributed by atoms with Crippen molar-refractivity contribution in [3.05, 3.63) is 47.3 Å². The lowest BCUT2D eigenvalue weighted by atomic mass is 10.0. The fourth-order valence-electron chi connectivity index (χ4n) is 2.79. The van der Waals surface area contributed by atoms with Crippen molar-refractivity contribution < 1.29 is 19.4 Å². The Bertz CT molecular complexity index is 756. The molecule has 0 aliphatic carbocycles. The lowest BCUT2D eigenvalue weighted by molar-refractivity contribution is -0.137. The average molecular weight is 359 g/mol. The molecule has 0 spiro atoms. The first-order valence-corrected chi connectivity index (χ1v) is 8.55. The fraction of sp³-hybridized carbons (Fsp3) is 0.421. The van der Waals surface area contributed by atoms with Gasteiger partial charge >= 0.3 is 5.97 Å². The van der Waals surface area contributed by atoms with Gasteiger partial charge in [0.15, 0.2) is 12.4 Å². The van der Waals surface area contributed by atoms with E-state index >= 15 is 0 Å². The number of aliphatic carboxylic acids is 1. The number of nitrogens with one attached hydrogen (secondary N) is 1. The third kappa shape index (κ3) is 5.61. The van der Waals surface area contributed by atoms with Gasteiger partial charge in [-0.05, 0) is 32.3 Å². The molecule has 0 saturated carbocycles. The van der Waals surface area contributed by atoms with Gasteiger partial charge < -0.3 is 15.2 Å². The first-order valence-electron chi connectivity index (χ1n) is 8.55. The first kappa shape index (κ1) is 19.5. The highest BCUT2D eigenvalue weighted by molar-refractivity contribution is 5.78. The highest BCUT2D eigenvalue weighted by Gasteiger charge is 2.17. The number of aryl methyl sites for hydroxylation is 2. The maximum absolute atomic E-state index is 12.3. The van der Waals surface area contributed by atoms with E-state index in [4.69, 9.17) is 9.84 Å². The molecule has 7 heteroatoms. The Hall–Kier alpha value is -2.83. The van der Waals surface area contributed by atoms with Crippen molar-refractivity contribution in [2.75, 3.05) is 6.61 Å². The number of carbonyl (C=O) groups is 2. The molecular formula is C19H25N3O4. The summed E-state index contributed by atoms with van der Waals surface area (Å²) in [5.41, 5.74) is 2.62. The number of hydrogen-bond donors (Lipinski definition) is 2. The molecule has 1 aromatic carbocycles. The van der Waals surface area contributed by atoms with Crippen molar-refractivity contribution in [3.8, 4) is 5.75 Å². The van der Waals surface area contributed by atoms with Crippen molar-refractivity contribution in [2.45, 2.75) is 39.2 Å². The molecule has 2 N–H and O–H groups in total. The Balaban J connectivity index is 1.95. The van der Waals surface area contributed by atoms with Gasteiger partial charge in [-0.15, -0.1) is 0 Å². The summed E-state index contributed by atoms with van der Waals surface area (Å²) < 4.78 is 7.32. The predicted molar refractivity (Wildman–Crippen MR) is 97.1 cm³/mol. The van der Waals surface area contributed by atoms with Gasteiger partial charge in [0.1, 0.15) is 5.69 Å². The molecule has 0 aliphatic rings. The molecule has 2 aromatic rings. The molecule has 1 heterocycles. The van der Waals surface area contributed by atoms with Gasteiger partial charge in [0.05, 0.1) is 5.69 Å². The van der Waals surface area contributed by atoms with E-state index in [9.17, 15) is 9.59 Å². The third-order valence-corrected chi connectivity index (χ3v) is 4.19. The van der Waals surface area contributed by atoms with Crippen LogP contribution in [0.1, 0.15) is 29.8 Å². The third-order valence-electron chi connectivity index (χ3n) is 4.19. The predicted octanol–water partition coefficient (Wildman–Crippen LogP) is 2.01. The zero-order valence-electron chi connectivity index (χ0n) is 15.4. The SMILES string of the molecule is Cc1nn(C)c(C)c1OCC(=O)NC(CCC(=O)O)Cc1ccccc1. The molecular weight excluding hydrogens is 334 g/mol. The number of benzene rings is 1. The molecule has 26 heavy (non-hydrogen) atoms. The quantitative estimate of drug-likeness (QED) is 0.714. The molecule has 0 aliphatic heterocycles. The molecule has 0 radical (unpaired) electrons. The second kappa shape index (κ2) is 9.03. The van der Waals surface area contributed by atoms with E-state index in [1.54, 1.807) is 4.68 Å². The maximum atomic E-state index is 12.3. The molecule has 1 atom stereocenters. The summed E-state index contributed by atoms with van der Waals surface area (Å²) >= 11 is 0. The standard InChI is InChI=1S/C19H25N3O4/c1-13-19(14(2)22(3)21-13)26-12-17(23)20-16(9-10-18(24)25)11-15-7-5-4-6-8-15/h4-8,16H,9-12H2,1-3H3,(H,20,23)(H,24,25). The normalized spacial score (nSPS) is 11.8. The van der Waals surface area contributed by atoms with Gasteiger partial charge in [0.2, 0.25) is 0 Å². The van der Waals surface area contributed by atoms with Crippen molar-refractivity contribution in [3.63, 3.8) is 0 Å². The second-order valence-electron chi connectivity index (χ2n) is 6.30. The summed E-state index contributed by atoms with van der Waals surface area (Å²) in [6, 6.07) is 9.41. The van der Waals surface area contributed by atoms with E-state index in [1.807, 2.05) is 51.2 Å². The zero-order chi connectivity index (χ0) is 19.1. The van der Waals surface area contributed by atoms with E-state index < -0.39 is 5.97 Å². The minimum Gasteiger partial charge on any atom is -0.481 e. The van der Waals surface area contributed by atoms with Gasteiger partial charge in [-0.3, -0.25) is 14.3 Å². The Morgan fingerprint density at radius 3 is 2.54 bits per heavy atom. The minimum absolute atomic E-state index is 0.000537. The Kier molecular flexibility index (Phi) is 6.77. The highest BCUT2D eigenvalue weighted by Crippen LogP contribution is 2.21. The molecule has 0 bridgehead atoms. The monoisotopic (exact) mass is 359 g/mol. The van der Waals surface area contributed by atoms with Crippen molar-refractivity contribution in [1.29, 1.82) is 0 Å². The first-order chi connectivity index (χ1) is 12.4. The van der Waals surface area contributed by atoms with E-state index in [0.717, 1.165) is 17.0 Å². The summed E-state index contributed by atoms with van der Waals surface area (Å²) in [5.74, 6) is -0.554. The number of aromatic nitrogens is 2. The lowest BCUT2D eigenvalue weighted by Gasteiger charge is -2.18. The number of rotatable bonds is 9. The minimum atomic E-state index is -0.879. The van der Waals surface area contributed by atoms with Crippen LogP contribution in [0.2, 0.25) is 0 Å². The molecule has 2 rings (SSSR count). The Morgan fingerprint density at radius 2 is 1.96 bits per heavy atom. The average Bonchev–Trinajstić information content (AvgIpc) is 2.84. The van der Waals surface area contributed by atoms with Gasteiger partial charge in [-0.1, -0.05) is 30.3 Å². The Morgan fingerprint density at radius 1 is 1.27 bits per heavy atom. The van der Waals surface area contributed by atoms with Crippen molar-refractivity contribution in [1.82, 2.24) is 15.1 Å². The number of nitrogens with zero attached hydrogens (tertiary/aromatic N) is 2. The summed E-state index contributed by atoms with van der Waals surface area (Å²) in [7, 11) is 1.82. The van der Waals surface area contributed by atoms with Crippen LogP contribution in [0.3, 0.4) is 0 Å². The van der Waals surface area contributed by atoms with E-state index in [0.29, 0.717) is 18.6 Å². The smallest absolute Gasteiger partial charge is 0.303 e. The summed E-state index contributed by atoms with van der Waals surface area (Å²) in [6.07, 6.45) is 0.936. The molecule has 0 saturated heterocycles. The van der Waals surface area contributed by atoms with Crippen molar-refractivity contribution in [2.24, 2.45) is 7.05 Å². The van der Waals surface area contributed by atoms with Gasteiger partial charge in [0, 0.05) is 19.5 Å². The van der Waals surface area contributed by atoms with Crippen LogP contribution in [0, 0.1) is 13.8 Å². The summed E-state index contributed by atoms with van der Waals surface area (Å²) in [6.45, 7) is 3.56. The van der Waals surface area contributed by atoms with Gasteiger partial charge in [-0.25, -0.2) is 0 Å². The fourth-order valence-corrected chi connectivity index (χ4v) is 2.79. The van der Waals surface area contributed by atoms with E-state index in [2.05, 4.69) is 10.4 Å². The van der Waals surface area contributed by atoms with Crippen LogP contribution < -0.4 is 10.1 Å². The van der Waals surface area contributed by atoms with Crippen LogP contribution in [0.4, 0.5) is 0 Å². The van der Waals surface area contributed by atoms with Crippen LogP contribution in [0.15, 0.2) is 30.3 Å². The molecule has 1 amide bonds. The molecule has 7 nitrogen and oxygen atoms in total. The van der Waals surface area contributed by atoms with Crippen LogP contribution in [-0.2, 0) is 23.1 Å². The number of carboxylic acid groups (broad SMARTS) is 1. The van der Waals surface area contributed by atoms with E-state index in [-0.39, 0.29) is 25.0 Å². The van der Waals surface area contributed by atoms with Crippen LogP contribution >= 0.6 is 0 Å². The molecule has 140 valence electrons. The lowest BCUT2D eigenvalue weighted by Crippen LogP contribution is -2.39. The molecule has 1 unspecified atom stereocenters. The molecule has 1 aromatic heterocycles. The van der Waals surface area contributed by atoms with Crippen LogP contribution in [0.5, 0.6) is 5.75 Å². The second-order valence-corrected chi connectivity index (χ2v) is 6.30. The number of hydrogen-bond acceptors (Lipinski definition) is 4. The van der Waals surface area contributed by atoms with Gasteiger partial charge in [0.25, 0.3) is 5.91 Å². The van der Waals surface area contributed by atoms with E-state index in [1.165, 1.54) is 0 Å². The Labute approximate surface area is 153 Å². The zero-order valence-corrected chi connectivity index (χ0v) is 15.4. The largest absolute Gasteiger partial charge is 0.481 e. The number of amides is 1. The number of carboxylic acids is 1. The van der Waals surface area contributed by atoms with Crippen LogP contribution in [-0.4, -0.2) is 39.4 Å². The number of carbonyl (C=O) groups excluding carboxylic acids is 1. The summed E-state index contributed by atoms with van der Waals surface area (Å²) in [4.78, 5) is 23.2. The number of ether oxygens (including phenoxy) is 1. The van der Waals surface area contributed by atoms with Gasteiger partial charge in [-0.2, -0.15) is 5.10 Å². The summed E-state index contributed by atoms with van der Waals surface area (Å²) in [5, 5.41) is 16.1. The topological polar surface area (TPSA) is 93.5 Å². The molecule has 0 fully saturated rings. The van der Waals surface area contributed by atoms with Crippen molar-refractivity contribution >= 4 is 11.9 Å².